The number of ketones is 1. The first-order chi connectivity index (χ1) is 13.3. The lowest BCUT2D eigenvalue weighted by atomic mass is 9.91. The highest BCUT2D eigenvalue weighted by molar-refractivity contribution is 5.80. The molecule has 1 fully saturated rings. The van der Waals surface area contributed by atoms with Gasteiger partial charge in [-0.15, -0.1) is 0 Å². The molecule has 2 aliphatic heterocycles. The first kappa shape index (κ1) is 20.6. The normalized spacial score (nSPS) is 21.5. The number of carbonyl (C=O) groups is 2. The number of rotatable bonds is 7. The van der Waals surface area contributed by atoms with Crippen molar-refractivity contribution in [1.29, 1.82) is 0 Å². The highest BCUT2D eigenvalue weighted by Gasteiger charge is 2.48. The van der Waals surface area contributed by atoms with Crippen LogP contribution < -0.4 is 10.6 Å². The number of nitrogens with zero attached hydrogens (tertiary/aromatic N) is 2. The number of fused-ring (bicyclic) bond motifs is 1. The molecule has 3 heterocycles. The Hall–Kier alpha value is -2.09. The number of alkyl halides is 2. The van der Waals surface area contributed by atoms with Crippen molar-refractivity contribution in [2.45, 2.75) is 45.0 Å². The number of aryl methyl sites for hydroxylation is 2. The van der Waals surface area contributed by atoms with Gasteiger partial charge in [-0.2, -0.15) is 0 Å². The fraction of sp³-hybridized carbons (Fsp3) is 0.650. The number of hydrogen-bond acceptors (Lipinski definition) is 5. The van der Waals surface area contributed by atoms with Crippen LogP contribution in [0.3, 0.4) is 0 Å². The largest absolute Gasteiger partial charge is 0.370 e. The van der Waals surface area contributed by atoms with E-state index < -0.39 is 24.3 Å². The van der Waals surface area contributed by atoms with Gasteiger partial charge in [-0.05, 0) is 57.2 Å². The predicted octanol–water partition coefficient (Wildman–Crippen LogP) is 2.03. The molecule has 6 nitrogen and oxygen atoms in total. The summed E-state index contributed by atoms with van der Waals surface area (Å²) in [6, 6.07) is 4.07. The van der Waals surface area contributed by atoms with Gasteiger partial charge in [0.25, 0.3) is 5.92 Å². The zero-order valence-electron chi connectivity index (χ0n) is 16.3. The number of hydrogen-bond donors (Lipinski definition) is 2. The van der Waals surface area contributed by atoms with Crippen molar-refractivity contribution in [2.75, 3.05) is 38.0 Å². The van der Waals surface area contributed by atoms with Gasteiger partial charge in [-0.3, -0.25) is 14.5 Å². The third-order valence-corrected chi connectivity index (χ3v) is 5.30. The Morgan fingerprint density at radius 2 is 2.21 bits per heavy atom. The number of halogens is 2. The maximum absolute atomic E-state index is 14.3. The fourth-order valence-corrected chi connectivity index (χ4v) is 3.90. The van der Waals surface area contributed by atoms with Crippen LogP contribution in [0.5, 0.6) is 0 Å². The van der Waals surface area contributed by atoms with Gasteiger partial charge in [0.15, 0.2) is 0 Å². The summed E-state index contributed by atoms with van der Waals surface area (Å²) in [5.74, 6) is -4.27. The molecule has 0 bridgehead atoms. The van der Waals surface area contributed by atoms with E-state index in [1.165, 1.54) is 17.4 Å². The van der Waals surface area contributed by atoms with E-state index >= 15 is 0 Å². The number of anilines is 1. The van der Waals surface area contributed by atoms with E-state index in [-0.39, 0.29) is 18.7 Å². The summed E-state index contributed by atoms with van der Waals surface area (Å²) in [5.41, 5.74) is 2.16. The van der Waals surface area contributed by atoms with Gasteiger partial charge < -0.3 is 10.6 Å². The number of Topliss-reactive ketones (excluding diaryl/α,β-unsaturated/α-hetero) is 1. The number of likely N-dealkylation sites (tertiary alicyclic amines) is 1. The second-order valence-corrected chi connectivity index (χ2v) is 7.75. The van der Waals surface area contributed by atoms with E-state index in [0.717, 1.165) is 30.9 Å². The monoisotopic (exact) mass is 394 g/mol. The number of piperidine rings is 1. The number of carbonyl (C=O) groups excluding carboxylic acids is 2. The summed E-state index contributed by atoms with van der Waals surface area (Å²) in [5, 5.41) is 5.94. The number of nitrogens with one attached hydrogen (secondary N) is 2. The number of pyridine rings is 1. The minimum atomic E-state index is -3.12. The van der Waals surface area contributed by atoms with Crippen LogP contribution >= 0.6 is 0 Å². The van der Waals surface area contributed by atoms with Crippen molar-refractivity contribution in [3.8, 4) is 0 Å². The van der Waals surface area contributed by atoms with Crippen LogP contribution in [-0.4, -0.2) is 60.2 Å². The summed E-state index contributed by atoms with van der Waals surface area (Å²) < 4.78 is 28.6. The van der Waals surface area contributed by atoms with E-state index in [4.69, 9.17) is 0 Å². The molecule has 1 unspecified atom stereocenters. The van der Waals surface area contributed by atoms with Gasteiger partial charge in [0.05, 0.1) is 13.1 Å². The lowest BCUT2D eigenvalue weighted by molar-refractivity contribution is -0.151. The van der Waals surface area contributed by atoms with Gasteiger partial charge in [-0.25, -0.2) is 13.8 Å². The number of aromatic nitrogens is 1. The molecule has 0 aromatic carbocycles. The summed E-state index contributed by atoms with van der Waals surface area (Å²) >= 11 is 0. The third kappa shape index (κ3) is 5.25. The highest BCUT2D eigenvalue weighted by Crippen LogP contribution is 2.33. The quantitative estimate of drug-likeness (QED) is 0.693. The van der Waals surface area contributed by atoms with E-state index in [1.54, 1.807) is 0 Å². The van der Waals surface area contributed by atoms with Gasteiger partial charge >= 0.3 is 0 Å². The average Bonchev–Trinajstić information content (AvgIpc) is 2.63. The van der Waals surface area contributed by atoms with Gasteiger partial charge in [0.1, 0.15) is 17.5 Å². The molecule has 0 radical (unpaired) electrons. The van der Waals surface area contributed by atoms with Crippen LogP contribution in [0.1, 0.15) is 37.4 Å². The Labute approximate surface area is 164 Å². The molecule has 2 N–H and O–H groups in total. The lowest BCUT2D eigenvalue weighted by Gasteiger charge is -2.37. The van der Waals surface area contributed by atoms with E-state index in [9.17, 15) is 18.4 Å². The van der Waals surface area contributed by atoms with Crippen molar-refractivity contribution >= 4 is 17.5 Å². The van der Waals surface area contributed by atoms with E-state index in [1.807, 2.05) is 6.07 Å². The predicted molar refractivity (Wildman–Crippen MR) is 103 cm³/mol. The van der Waals surface area contributed by atoms with Crippen molar-refractivity contribution in [2.24, 2.45) is 5.92 Å². The fourth-order valence-electron chi connectivity index (χ4n) is 3.90. The first-order valence-electron chi connectivity index (χ1n) is 9.95. The molecule has 3 rings (SSSR count). The van der Waals surface area contributed by atoms with Crippen LogP contribution in [0, 0.1) is 5.92 Å². The van der Waals surface area contributed by atoms with E-state index in [2.05, 4.69) is 21.7 Å². The maximum Gasteiger partial charge on any atom is 0.272 e. The molecular weight excluding hydrogens is 366 g/mol. The van der Waals surface area contributed by atoms with Gasteiger partial charge in [0.2, 0.25) is 5.91 Å². The first-order valence-corrected chi connectivity index (χ1v) is 9.95. The average molecular weight is 394 g/mol. The summed E-state index contributed by atoms with van der Waals surface area (Å²) in [6.45, 7) is 2.45. The van der Waals surface area contributed by atoms with Crippen LogP contribution in [0.2, 0.25) is 0 Å². The number of amides is 1. The van der Waals surface area contributed by atoms with Crippen LogP contribution in [0.15, 0.2) is 12.1 Å². The molecule has 2 aliphatic rings. The maximum atomic E-state index is 14.3. The molecule has 0 aliphatic carbocycles. The lowest BCUT2D eigenvalue weighted by Crippen LogP contribution is -2.54. The standard InChI is InChI=1S/C20H28F2N4O2/c1-14(27)12-26-11-8-17(20(21,22)13-26)19(28)24-10-3-5-16-7-6-15-4-2-9-23-18(15)25-16/h6-7,17H,2-5,8-13H2,1H3,(H,23,25)(H,24,28). The Kier molecular flexibility index (Phi) is 6.59. The van der Waals surface area contributed by atoms with E-state index in [0.29, 0.717) is 25.9 Å². The van der Waals surface area contributed by atoms with Gasteiger partial charge in [0, 0.05) is 18.8 Å². The molecule has 1 saturated heterocycles. The van der Waals surface area contributed by atoms with Gasteiger partial charge in [-0.1, -0.05) is 6.07 Å². The summed E-state index contributed by atoms with van der Waals surface area (Å²) in [7, 11) is 0. The molecule has 0 spiro atoms. The zero-order chi connectivity index (χ0) is 20.1. The molecule has 0 saturated carbocycles. The van der Waals surface area contributed by atoms with Crippen molar-refractivity contribution < 1.29 is 18.4 Å². The Morgan fingerprint density at radius 3 is 2.96 bits per heavy atom. The second-order valence-electron chi connectivity index (χ2n) is 7.75. The SMILES string of the molecule is CC(=O)CN1CCC(C(=O)NCCCc2ccc3c(n2)NCCC3)C(F)(F)C1. The summed E-state index contributed by atoms with van der Waals surface area (Å²) in [4.78, 5) is 29.4. The minimum Gasteiger partial charge on any atom is -0.370 e. The molecule has 1 atom stereocenters. The van der Waals surface area contributed by atoms with Crippen LogP contribution in [-0.2, 0) is 22.4 Å². The smallest absolute Gasteiger partial charge is 0.272 e. The van der Waals surface area contributed by atoms with Crippen molar-refractivity contribution in [1.82, 2.24) is 15.2 Å². The molecule has 1 aromatic rings. The Bertz CT molecular complexity index is 726. The zero-order valence-corrected chi connectivity index (χ0v) is 16.3. The molecule has 1 aromatic heterocycles. The molecular formula is C20H28F2N4O2. The molecule has 28 heavy (non-hydrogen) atoms. The Morgan fingerprint density at radius 1 is 1.39 bits per heavy atom. The third-order valence-electron chi connectivity index (χ3n) is 5.30. The van der Waals surface area contributed by atoms with Crippen LogP contribution in [0.25, 0.3) is 0 Å². The van der Waals surface area contributed by atoms with Crippen molar-refractivity contribution in [3.05, 3.63) is 23.4 Å². The summed E-state index contributed by atoms with van der Waals surface area (Å²) in [6.07, 6.45) is 3.53. The minimum absolute atomic E-state index is 0.00651. The topological polar surface area (TPSA) is 74.3 Å². The highest BCUT2D eigenvalue weighted by atomic mass is 19.3. The molecule has 1 amide bonds. The van der Waals surface area contributed by atoms with Crippen LogP contribution in [0.4, 0.5) is 14.6 Å². The molecule has 154 valence electrons. The second kappa shape index (κ2) is 8.94. The Balaban J connectivity index is 1.43. The molecule has 8 heteroatoms. The van der Waals surface area contributed by atoms with Crippen molar-refractivity contribution in [3.63, 3.8) is 0 Å².